The highest BCUT2D eigenvalue weighted by Crippen LogP contribution is 2.39. The van der Waals surface area contributed by atoms with Crippen LogP contribution in [0.25, 0.3) is 6.08 Å². The van der Waals surface area contributed by atoms with Crippen LogP contribution in [-0.4, -0.2) is 25.4 Å². The van der Waals surface area contributed by atoms with E-state index in [0.29, 0.717) is 0 Å². The minimum Gasteiger partial charge on any atom is -0.343 e. The lowest BCUT2D eigenvalue weighted by atomic mass is 9.85. The maximum atomic E-state index is 12.2. The Hall–Kier alpha value is -2.14. The Kier molecular flexibility index (Phi) is 9.30. The maximum Gasteiger partial charge on any atom is 0.156 e. The van der Waals surface area contributed by atoms with E-state index in [1.165, 1.54) is 31.2 Å². The molecule has 1 aliphatic rings. The highest BCUT2D eigenvalue weighted by molar-refractivity contribution is 7.91. The molecular formula is C26H38N2O2S. The van der Waals surface area contributed by atoms with Crippen molar-refractivity contribution >= 4 is 28.4 Å². The second-order valence-electron chi connectivity index (χ2n) is 8.43. The van der Waals surface area contributed by atoms with Crippen LogP contribution < -0.4 is 0 Å². The van der Waals surface area contributed by atoms with E-state index in [4.69, 9.17) is 0 Å². The zero-order valence-corrected chi connectivity index (χ0v) is 20.3. The molecule has 1 atom stereocenters. The number of H-pyrrole nitrogens is 1. The summed E-state index contributed by atoms with van der Waals surface area (Å²) in [6.07, 6.45) is 8.07. The SMILES string of the molecule is C=Cc1cc(C(CC2CCCC2)c2ccc(CS(=O)(=O)C(C)C)cc2)[nH]c1N=C.CC. The fourth-order valence-corrected chi connectivity index (χ4v) is 5.21. The molecule has 2 aromatic rings. The molecule has 5 heteroatoms. The molecule has 1 N–H and O–H groups in total. The summed E-state index contributed by atoms with van der Waals surface area (Å²) in [5, 5.41) is -0.363. The Bertz CT molecular complexity index is 924. The smallest absolute Gasteiger partial charge is 0.156 e. The van der Waals surface area contributed by atoms with Gasteiger partial charge in [0, 0.05) is 17.2 Å². The molecule has 31 heavy (non-hydrogen) atoms. The Balaban J connectivity index is 0.00000166. The number of hydrogen-bond donors (Lipinski definition) is 1. The number of hydrogen-bond acceptors (Lipinski definition) is 3. The lowest BCUT2D eigenvalue weighted by Gasteiger charge is -2.21. The monoisotopic (exact) mass is 442 g/mol. The second kappa shape index (κ2) is 11.5. The fraction of sp³-hybridized carbons (Fsp3) is 0.500. The Morgan fingerprint density at radius 2 is 1.77 bits per heavy atom. The van der Waals surface area contributed by atoms with Crippen molar-refractivity contribution in [3.05, 3.63) is 59.3 Å². The summed E-state index contributed by atoms with van der Waals surface area (Å²) in [5.41, 5.74) is 4.13. The van der Waals surface area contributed by atoms with Crippen molar-refractivity contribution in [2.75, 3.05) is 0 Å². The first-order valence-electron chi connectivity index (χ1n) is 11.5. The number of aliphatic imine (C=N–C) groups is 1. The predicted molar refractivity (Wildman–Crippen MR) is 134 cm³/mol. The number of rotatable bonds is 9. The van der Waals surface area contributed by atoms with Crippen LogP contribution in [0.4, 0.5) is 5.82 Å². The van der Waals surface area contributed by atoms with Gasteiger partial charge in [-0.15, -0.1) is 0 Å². The average molecular weight is 443 g/mol. The molecule has 0 radical (unpaired) electrons. The number of sulfone groups is 1. The molecule has 1 aliphatic carbocycles. The average Bonchev–Trinajstić information content (AvgIpc) is 3.43. The van der Waals surface area contributed by atoms with Crippen LogP contribution in [0, 0.1) is 5.92 Å². The van der Waals surface area contributed by atoms with E-state index in [1.54, 1.807) is 19.9 Å². The molecule has 170 valence electrons. The maximum absolute atomic E-state index is 12.2. The third kappa shape index (κ3) is 6.42. The summed E-state index contributed by atoms with van der Waals surface area (Å²) >= 11 is 0. The van der Waals surface area contributed by atoms with E-state index in [9.17, 15) is 8.42 Å². The van der Waals surface area contributed by atoms with E-state index in [2.05, 4.69) is 41.5 Å². The minimum absolute atomic E-state index is 0.0892. The summed E-state index contributed by atoms with van der Waals surface area (Å²) in [5.74, 6) is 1.79. The molecule has 0 saturated heterocycles. The quantitative estimate of drug-likeness (QED) is 0.423. The van der Waals surface area contributed by atoms with Gasteiger partial charge in [0.2, 0.25) is 0 Å². The van der Waals surface area contributed by atoms with Gasteiger partial charge in [-0.3, -0.25) is 0 Å². The second-order valence-corrected chi connectivity index (χ2v) is 11.0. The number of benzene rings is 1. The zero-order chi connectivity index (χ0) is 23.0. The first-order valence-corrected chi connectivity index (χ1v) is 13.2. The molecule has 0 amide bonds. The highest BCUT2D eigenvalue weighted by atomic mass is 32.2. The first kappa shape index (κ1) is 25.1. The van der Waals surface area contributed by atoms with Gasteiger partial charge in [0.25, 0.3) is 0 Å². The molecule has 3 rings (SSSR count). The van der Waals surface area contributed by atoms with Crippen molar-refractivity contribution in [3.63, 3.8) is 0 Å². The third-order valence-corrected chi connectivity index (χ3v) is 8.28. The van der Waals surface area contributed by atoms with E-state index in [0.717, 1.165) is 35.0 Å². The largest absolute Gasteiger partial charge is 0.343 e. The number of nitrogens with one attached hydrogen (secondary N) is 1. The van der Waals surface area contributed by atoms with Gasteiger partial charge in [0.05, 0.1) is 11.0 Å². The molecule has 0 bridgehead atoms. The van der Waals surface area contributed by atoms with Crippen molar-refractivity contribution in [2.45, 2.75) is 76.7 Å². The summed E-state index contributed by atoms with van der Waals surface area (Å²) in [7, 11) is -3.10. The van der Waals surface area contributed by atoms with Crippen molar-refractivity contribution < 1.29 is 8.42 Å². The van der Waals surface area contributed by atoms with E-state index >= 15 is 0 Å². The molecule has 1 aromatic heterocycles. The van der Waals surface area contributed by atoms with Gasteiger partial charge < -0.3 is 4.98 Å². The normalized spacial score (nSPS) is 15.4. The molecule has 0 spiro atoms. The summed E-state index contributed by atoms with van der Waals surface area (Å²) in [6.45, 7) is 15.0. The molecule has 1 heterocycles. The molecule has 1 aromatic carbocycles. The molecule has 1 fully saturated rings. The molecular weight excluding hydrogens is 404 g/mol. The van der Waals surface area contributed by atoms with Crippen LogP contribution >= 0.6 is 0 Å². The van der Waals surface area contributed by atoms with Gasteiger partial charge in [-0.1, -0.05) is 76.5 Å². The zero-order valence-electron chi connectivity index (χ0n) is 19.5. The number of aromatic nitrogens is 1. The van der Waals surface area contributed by atoms with Crippen LogP contribution in [0.5, 0.6) is 0 Å². The molecule has 1 unspecified atom stereocenters. The minimum atomic E-state index is -3.10. The van der Waals surface area contributed by atoms with Crippen molar-refractivity contribution in [1.29, 1.82) is 0 Å². The molecule has 4 nitrogen and oxygen atoms in total. The van der Waals surface area contributed by atoms with E-state index < -0.39 is 9.84 Å². The van der Waals surface area contributed by atoms with Crippen LogP contribution in [0.2, 0.25) is 0 Å². The van der Waals surface area contributed by atoms with Crippen molar-refractivity contribution in [2.24, 2.45) is 10.9 Å². The van der Waals surface area contributed by atoms with Gasteiger partial charge >= 0.3 is 0 Å². The van der Waals surface area contributed by atoms with Gasteiger partial charge in [0.1, 0.15) is 5.82 Å². The van der Waals surface area contributed by atoms with Crippen molar-refractivity contribution in [3.8, 4) is 0 Å². The summed E-state index contributed by atoms with van der Waals surface area (Å²) in [4.78, 5) is 7.52. The standard InChI is InChI=1S/C24H32N2O2S.C2H6/c1-5-20-15-23(26-24(20)25-4)22(14-18-8-6-7-9-18)21-12-10-19(11-13-21)16-29(27,28)17(2)3;1-2/h5,10-13,15,17-18,22,26H,1,4,6-9,14,16H2,2-3H3;1-2H3. The van der Waals surface area contributed by atoms with Crippen LogP contribution in [0.1, 0.15) is 88.1 Å². The number of aromatic amines is 1. The van der Waals surface area contributed by atoms with E-state index in [-0.39, 0.29) is 16.9 Å². The molecule has 0 aliphatic heterocycles. The summed E-state index contributed by atoms with van der Waals surface area (Å²) in [6, 6.07) is 10.2. The fourth-order valence-electron chi connectivity index (χ4n) is 4.22. The van der Waals surface area contributed by atoms with Gasteiger partial charge in [-0.2, -0.15) is 0 Å². The lowest BCUT2D eigenvalue weighted by molar-refractivity contribution is 0.469. The Morgan fingerprint density at radius 1 is 1.16 bits per heavy atom. The van der Waals surface area contributed by atoms with Crippen LogP contribution in [0.15, 0.2) is 41.9 Å². The van der Waals surface area contributed by atoms with Gasteiger partial charge in [-0.25, -0.2) is 13.4 Å². The highest BCUT2D eigenvalue weighted by Gasteiger charge is 2.25. The Morgan fingerprint density at radius 3 is 2.26 bits per heavy atom. The van der Waals surface area contributed by atoms with Crippen LogP contribution in [0.3, 0.4) is 0 Å². The van der Waals surface area contributed by atoms with Crippen molar-refractivity contribution in [1.82, 2.24) is 4.98 Å². The van der Waals surface area contributed by atoms with E-state index in [1.807, 2.05) is 26.0 Å². The third-order valence-electron chi connectivity index (χ3n) is 6.11. The predicted octanol–water partition coefficient (Wildman–Crippen LogP) is 7.05. The molecule has 1 saturated carbocycles. The topological polar surface area (TPSA) is 62.3 Å². The number of nitrogens with zero attached hydrogens (tertiary/aromatic N) is 1. The van der Waals surface area contributed by atoms with Gasteiger partial charge in [0.15, 0.2) is 9.84 Å². The van der Waals surface area contributed by atoms with Gasteiger partial charge in [-0.05, 0) is 50.1 Å². The first-order chi connectivity index (χ1) is 14.8. The van der Waals surface area contributed by atoms with Crippen LogP contribution in [-0.2, 0) is 15.6 Å². The summed E-state index contributed by atoms with van der Waals surface area (Å²) < 4.78 is 24.5. The Labute approximate surface area is 188 Å². The lowest BCUT2D eigenvalue weighted by Crippen LogP contribution is -2.16.